The van der Waals surface area contributed by atoms with Crippen LogP contribution in [0.25, 0.3) is 6.08 Å². The summed E-state index contributed by atoms with van der Waals surface area (Å²) in [5, 5.41) is 1.22. The van der Waals surface area contributed by atoms with Crippen LogP contribution in [0.5, 0.6) is 0 Å². The van der Waals surface area contributed by atoms with E-state index in [-0.39, 0.29) is 0 Å². The first-order chi connectivity index (χ1) is 5.34. The quantitative estimate of drug-likeness (QED) is 0.573. The molecule has 2 heteroatoms. The molecule has 0 aromatic carbocycles. The van der Waals surface area contributed by atoms with Crippen molar-refractivity contribution >= 4 is 17.4 Å². The molecule has 0 aliphatic heterocycles. The van der Waals surface area contributed by atoms with Gasteiger partial charge in [-0.15, -0.1) is 11.3 Å². The van der Waals surface area contributed by atoms with Gasteiger partial charge in [0.15, 0.2) is 0 Å². The van der Waals surface area contributed by atoms with E-state index in [9.17, 15) is 0 Å². The van der Waals surface area contributed by atoms with Gasteiger partial charge in [-0.05, 0) is 25.3 Å². The van der Waals surface area contributed by atoms with Crippen LogP contribution in [-0.2, 0) is 0 Å². The molecule has 1 fully saturated rings. The lowest BCUT2D eigenvalue weighted by atomic mass is 10.1. The van der Waals surface area contributed by atoms with Crippen LogP contribution in [0.3, 0.4) is 0 Å². The SMILES string of the molecule is Cc1nc2c(s1)C=CC1CC21. The Labute approximate surface area is 69.8 Å². The van der Waals surface area contributed by atoms with E-state index < -0.39 is 0 Å². The van der Waals surface area contributed by atoms with E-state index in [1.54, 1.807) is 0 Å². The Balaban J connectivity index is 2.23. The Morgan fingerprint density at radius 2 is 2.55 bits per heavy atom. The van der Waals surface area contributed by atoms with Gasteiger partial charge < -0.3 is 0 Å². The molecule has 2 atom stereocenters. The van der Waals surface area contributed by atoms with E-state index in [0.29, 0.717) is 0 Å². The fourth-order valence-corrected chi connectivity index (χ4v) is 2.71. The fourth-order valence-electron chi connectivity index (χ4n) is 1.80. The van der Waals surface area contributed by atoms with Gasteiger partial charge in [0.05, 0.1) is 15.6 Å². The van der Waals surface area contributed by atoms with Gasteiger partial charge in [-0.3, -0.25) is 0 Å². The second-order valence-corrected chi connectivity index (χ2v) is 4.58. The standard InChI is InChI=1S/C9H9NS/c1-5-10-9-7-4-6(7)2-3-8(9)11-5/h2-3,6-7H,4H2,1H3. The number of aryl methyl sites for hydroxylation is 1. The number of aromatic nitrogens is 1. The maximum Gasteiger partial charge on any atom is 0.0903 e. The van der Waals surface area contributed by atoms with Crippen molar-refractivity contribution in [1.82, 2.24) is 4.98 Å². The molecule has 2 aliphatic carbocycles. The number of fused-ring (bicyclic) bond motifs is 3. The number of hydrogen-bond acceptors (Lipinski definition) is 2. The third-order valence-electron chi connectivity index (χ3n) is 2.47. The lowest BCUT2D eigenvalue weighted by Gasteiger charge is -1.99. The molecule has 0 spiro atoms. The maximum absolute atomic E-state index is 4.54. The van der Waals surface area contributed by atoms with Gasteiger partial charge in [-0.1, -0.05) is 6.08 Å². The topological polar surface area (TPSA) is 12.9 Å². The van der Waals surface area contributed by atoms with Crippen molar-refractivity contribution in [2.24, 2.45) is 5.92 Å². The maximum atomic E-state index is 4.54. The van der Waals surface area contributed by atoms with Crippen molar-refractivity contribution in [3.63, 3.8) is 0 Å². The summed E-state index contributed by atoms with van der Waals surface area (Å²) in [6, 6.07) is 0. The Morgan fingerprint density at radius 3 is 3.45 bits per heavy atom. The average Bonchev–Trinajstić information content (AvgIpc) is 2.67. The van der Waals surface area contributed by atoms with E-state index in [1.165, 1.54) is 22.0 Å². The highest BCUT2D eigenvalue weighted by molar-refractivity contribution is 7.12. The molecular weight excluding hydrogens is 154 g/mol. The summed E-state index contributed by atoms with van der Waals surface area (Å²) in [5.74, 6) is 1.63. The van der Waals surface area contributed by atoms with Crippen LogP contribution in [0.4, 0.5) is 0 Å². The predicted molar refractivity (Wildman–Crippen MR) is 46.7 cm³/mol. The van der Waals surface area contributed by atoms with Crippen molar-refractivity contribution in [2.75, 3.05) is 0 Å². The summed E-state index contributed by atoms with van der Waals surface area (Å²) in [6.45, 7) is 2.09. The third kappa shape index (κ3) is 0.732. The van der Waals surface area contributed by atoms with Gasteiger partial charge in [-0.2, -0.15) is 0 Å². The number of hydrogen-bond donors (Lipinski definition) is 0. The summed E-state index contributed by atoms with van der Waals surface area (Å²) in [7, 11) is 0. The van der Waals surface area contributed by atoms with Crippen molar-refractivity contribution in [3.8, 4) is 0 Å². The summed E-state index contributed by atoms with van der Waals surface area (Å²) in [4.78, 5) is 5.95. The molecule has 2 aliphatic rings. The normalized spacial score (nSPS) is 31.4. The summed E-state index contributed by atoms with van der Waals surface area (Å²) in [6.07, 6.45) is 5.92. The zero-order chi connectivity index (χ0) is 7.42. The fraction of sp³-hybridized carbons (Fsp3) is 0.444. The summed E-state index contributed by atoms with van der Waals surface area (Å²) in [5.41, 5.74) is 1.38. The second kappa shape index (κ2) is 1.75. The predicted octanol–water partition coefficient (Wildman–Crippen LogP) is 2.58. The minimum atomic E-state index is 0.792. The molecule has 11 heavy (non-hydrogen) atoms. The molecule has 1 nitrogen and oxygen atoms in total. The summed E-state index contributed by atoms with van der Waals surface area (Å²) >= 11 is 1.82. The molecule has 2 unspecified atom stereocenters. The van der Waals surface area contributed by atoms with E-state index in [1.807, 2.05) is 11.3 Å². The van der Waals surface area contributed by atoms with Gasteiger partial charge >= 0.3 is 0 Å². The Bertz CT molecular complexity index is 337. The number of thiazole rings is 1. The van der Waals surface area contributed by atoms with Gasteiger partial charge in [0.1, 0.15) is 0 Å². The first-order valence-electron chi connectivity index (χ1n) is 4.00. The monoisotopic (exact) mass is 163 g/mol. The molecule has 1 saturated carbocycles. The molecule has 0 radical (unpaired) electrons. The van der Waals surface area contributed by atoms with Crippen molar-refractivity contribution in [2.45, 2.75) is 19.3 Å². The largest absolute Gasteiger partial charge is 0.246 e. The molecule has 0 bridgehead atoms. The van der Waals surface area contributed by atoms with Crippen molar-refractivity contribution in [1.29, 1.82) is 0 Å². The van der Waals surface area contributed by atoms with Crippen molar-refractivity contribution in [3.05, 3.63) is 21.7 Å². The Kier molecular flexibility index (Phi) is 0.946. The van der Waals surface area contributed by atoms with Crippen LogP contribution in [0.2, 0.25) is 0 Å². The highest BCUT2D eigenvalue weighted by Gasteiger charge is 2.41. The first kappa shape index (κ1) is 5.95. The van der Waals surface area contributed by atoms with Crippen LogP contribution in [-0.4, -0.2) is 4.98 Å². The molecule has 1 heterocycles. The van der Waals surface area contributed by atoms with Crippen LogP contribution >= 0.6 is 11.3 Å². The molecule has 1 aromatic heterocycles. The number of rotatable bonds is 0. The van der Waals surface area contributed by atoms with Crippen LogP contribution in [0, 0.1) is 12.8 Å². The van der Waals surface area contributed by atoms with Gasteiger partial charge in [0.25, 0.3) is 0 Å². The van der Waals surface area contributed by atoms with Gasteiger partial charge in [-0.25, -0.2) is 4.98 Å². The van der Waals surface area contributed by atoms with Crippen molar-refractivity contribution < 1.29 is 0 Å². The first-order valence-corrected chi connectivity index (χ1v) is 4.82. The van der Waals surface area contributed by atoms with E-state index in [2.05, 4.69) is 24.1 Å². The highest BCUT2D eigenvalue weighted by Crippen LogP contribution is 2.53. The third-order valence-corrected chi connectivity index (χ3v) is 3.43. The minimum Gasteiger partial charge on any atom is -0.246 e. The molecule has 0 saturated heterocycles. The van der Waals surface area contributed by atoms with E-state index >= 15 is 0 Å². The van der Waals surface area contributed by atoms with Gasteiger partial charge in [0, 0.05) is 5.92 Å². The minimum absolute atomic E-state index is 0.792. The average molecular weight is 163 g/mol. The molecule has 3 rings (SSSR count). The van der Waals surface area contributed by atoms with Gasteiger partial charge in [0.2, 0.25) is 0 Å². The molecule has 1 aromatic rings. The second-order valence-electron chi connectivity index (χ2n) is 3.35. The Morgan fingerprint density at radius 1 is 1.64 bits per heavy atom. The lowest BCUT2D eigenvalue weighted by Crippen LogP contribution is -1.88. The van der Waals surface area contributed by atoms with Crippen LogP contribution in [0.15, 0.2) is 6.08 Å². The molecule has 0 N–H and O–H groups in total. The van der Waals surface area contributed by atoms with E-state index in [0.717, 1.165) is 11.8 Å². The van der Waals surface area contributed by atoms with Crippen LogP contribution < -0.4 is 0 Å². The number of allylic oxidation sites excluding steroid dienone is 1. The summed E-state index contributed by atoms with van der Waals surface area (Å²) < 4.78 is 0. The number of nitrogens with zero attached hydrogens (tertiary/aromatic N) is 1. The molecule has 0 amide bonds. The Hall–Kier alpha value is -0.630. The molecular formula is C9H9NS. The highest BCUT2D eigenvalue weighted by atomic mass is 32.1. The smallest absolute Gasteiger partial charge is 0.0903 e. The van der Waals surface area contributed by atoms with E-state index in [4.69, 9.17) is 0 Å². The molecule has 56 valence electrons. The zero-order valence-corrected chi connectivity index (χ0v) is 7.19. The lowest BCUT2D eigenvalue weighted by molar-refractivity contribution is 0.949. The zero-order valence-electron chi connectivity index (χ0n) is 6.37. The van der Waals surface area contributed by atoms with Crippen LogP contribution in [0.1, 0.15) is 27.9 Å².